The van der Waals surface area contributed by atoms with Crippen LogP contribution in [0.4, 0.5) is 0 Å². The molecule has 1 fully saturated rings. The van der Waals surface area contributed by atoms with Crippen molar-refractivity contribution in [3.05, 3.63) is 0 Å². The van der Waals surface area contributed by atoms with Crippen LogP contribution in [-0.2, 0) is 9.59 Å². The van der Waals surface area contributed by atoms with Crippen LogP contribution >= 0.6 is 21.6 Å². The van der Waals surface area contributed by atoms with Crippen molar-refractivity contribution < 1.29 is 19.8 Å². The summed E-state index contributed by atoms with van der Waals surface area (Å²) in [4.78, 5) is 21.2. The van der Waals surface area contributed by atoms with Crippen LogP contribution < -0.4 is 5.73 Å². The Morgan fingerprint density at radius 2 is 2.00 bits per heavy atom. The standard InChI is InChI=1S/C8H14O2S2.C4H9N3O2/c9-8(10)4-2-1-3-7-5-6-11-12-7;1-7(4(5)6)2-3(8)9/h7H,1-6H2,(H,9,10);2H2,1H3,(H3,5,6)(H,8,9)/t7-;/m0./s1. The van der Waals surface area contributed by atoms with E-state index in [2.05, 4.69) is 0 Å². The number of hydrogen-bond acceptors (Lipinski definition) is 5. The van der Waals surface area contributed by atoms with E-state index in [0.717, 1.165) is 23.0 Å². The predicted octanol–water partition coefficient (Wildman–Crippen LogP) is 1.68. The summed E-state index contributed by atoms with van der Waals surface area (Å²) in [7, 11) is 5.36. The summed E-state index contributed by atoms with van der Waals surface area (Å²) in [5.41, 5.74) is 4.93. The van der Waals surface area contributed by atoms with Gasteiger partial charge in [0.25, 0.3) is 0 Å². The van der Waals surface area contributed by atoms with Crippen molar-refractivity contribution >= 4 is 39.5 Å². The molecule has 0 spiro atoms. The van der Waals surface area contributed by atoms with Crippen molar-refractivity contribution in [2.75, 3.05) is 19.3 Å². The highest BCUT2D eigenvalue weighted by molar-refractivity contribution is 8.77. The molecule has 9 heteroatoms. The molecule has 5 N–H and O–H groups in total. The summed E-state index contributed by atoms with van der Waals surface area (Å²) in [6, 6.07) is 0. The predicted molar refractivity (Wildman–Crippen MR) is 86.7 cm³/mol. The number of carboxylic acid groups (broad SMARTS) is 2. The largest absolute Gasteiger partial charge is 0.481 e. The molecule has 0 aromatic rings. The van der Waals surface area contributed by atoms with Gasteiger partial charge in [-0.15, -0.1) is 0 Å². The van der Waals surface area contributed by atoms with E-state index >= 15 is 0 Å². The molecule has 0 bridgehead atoms. The van der Waals surface area contributed by atoms with Crippen LogP contribution in [0.5, 0.6) is 0 Å². The van der Waals surface area contributed by atoms with Crippen LogP contribution in [0.15, 0.2) is 0 Å². The highest BCUT2D eigenvalue weighted by Crippen LogP contribution is 2.39. The molecular weight excluding hydrogens is 314 g/mol. The Bertz CT molecular complexity index is 349. The van der Waals surface area contributed by atoms with E-state index in [-0.39, 0.29) is 12.5 Å². The van der Waals surface area contributed by atoms with E-state index in [4.69, 9.17) is 21.4 Å². The number of hydrogen-bond donors (Lipinski definition) is 4. The fourth-order valence-electron chi connectivity index (χ4n) is 1.50. The van der Waals surface area contributed by atoms with Gasteiger partial charge in [-0.05, 0) is 19.3 Å². The van der Waals surface area contributed by atoms with E-state index in [1.807, 2.05) is 21.6 Å². The summed E-state index contributed by atoms with van der Waals surface area (Å²) in [5, 5.41) is 24.1. The Hall–Kier alpha value is -1.09. The van der Waals surface area contributed by atoms with Gasteiger partial charge in [0, 0.05) is 24.5 Å². The van der Waals surface area contributed by atoms with Gasteiger partial charge < -0.3 is 20.8 Å². The number of likely N-dealkylation sites (N-methyl/N-ethyl adjacent to an activating group) is 1. The van der Waals surface area contributed by atoms with Crippen LogP contribution in [0.25, 0.3) is 0 Å². The average molecular weight is 337 g/mol. The number of nitrogens with two attached hydrogens (primary N) is 1. The summed E-state index contributed by atoms with van der Waals surface area (Å²) >= 11 is 0. The van der Waals surface area contributed by atoms with Crippen LogP contribution in [0, 0.1) is 5.41 Å². The molecule has 0 aliphatic carbocycles. The minimum Gasteiger partial charge on any atom is -0.481 e. The Morgan fingerprint density at radius 3 is 2.38 bits per heavy atom. The van der Waals surface area contributed by atoms with Gasteiger partial charge in [-0.25, -0.2) is 0 Å². The van der Waals surface area contributed by atoms with Crippen molar-refractivity contribution in [3.8, 4) is 0 Å². The van der Waals surface area contributed by atoms with Crippen LogP contribution in [0.2, 0.25) is 0 Å². The lowest BCUT2D eigenvalue weighted by Crippen LogP contribution is -2.36. The lowest BCUT2D eigenvalue weighted by Gasteiger charge is -2.12. The quantitative estimate of drug-likeness (QED) is 0.239. The number of aliphatic carboxylic acids is 2. The Labute approximate surface area is 132 Å². The summed E-state index contributed by atoms with van der Waals surface area (Å²) in [6.45, 7) is -0.227. The third kappa shape index (κ3) is 12.4. The Morgan fingerprint density at radius 1 is 1.33 bits per heavy atom. The maximum atomic E-state index is 10.2. The SMILES string of the molecule is CN(CC(=O)O)C(=N)N.O=C(O)CCCC[C@H]1CCSS1. The molecule has 1 aliphatic heterocycles. The second-order valence-corrected chi connectivity index (χ2v) is 7.39. The van der Waals surface area contributed by atoms with Crippen molar-refractivity contribution in [2.24, 2.45) is 5.73 Å². The smallest absolute Gasteiger partial charge is 0.323 e. The van der Waals surface area contributed by atoms with E-state index in [1.54, 1.807) is 0 Å². The summed E-state index contributed by atoms with van der Waals surface area (Å²) in [5.74, 6) is -0.623. The fourth-order valence-corrected chi connectivity index (χ4v) is 4.53. The molecular formula is C12H23N3O4S2. The lowest BCUT2D eigenvalue weighted by molar-refractivity contribution is -0.138. The van der Waals surface area contributed by atoms with Crippen molar-refractivity contribution in [1.82, 2.24) is 4.90 Å². The maximum absolute atomic E-state index is 10.2. The second-order valence-electron chi connectivity index (χ2n) is 4.60. The van der Waals surface area contributed by atoms with E-state index in [0.29, 0.717) is 6.42 Å². The number of nitrogens with zero attached hydrogens (tertiary/aromatic N) is 1. The van der Waals surface area contributed by atoms with Gasteiger partial charge in [0.1, 0.15) is 6.54 Å². The van der Waals surface area contributed by atoms with E-state index in [1.165, 1.54) is 25.6 Å². The van der Waals surface area contributed by atoms with Gasteiger partial charge in [-0.1, -0.05) is 28.0 Å². The second kappa shape index (κ2) is 11.6. The van der Waals surface area contributed by atoms with Gasteiger partial charge in [-0.2, -0.15) is 0 Å². The van der Waals surface area contributed by atoms with Gasteiger partial charge in [0.05, 0.1) is 0 Å². The van der Waals surface area contributed by atoms with Crippen molar-refractivity contribution in [1.29, 1.82) is 5.41 Å². The third-order valence-electron chi connectivity index (χ3n) is 2.68. The molecule has 1 rings (SSSR count). The molecule has 0 unspecified atom stereocenters. The minimum atomic E-state index is -0.993. The number of unbranched alkanes of at least 4 members (excludes halogenated alkanes) is 1. The van der Waals surface area contributed by atoms with Crippen LogP contribution in [-0.4, -0.2) is 57.6 Å². The first-order chi connectivity index (χ1) is 9.82. The Kier molecular flexibility index (Phi) is 11.0. The van der Waals surface area contributed by atoms with Crippen LogP contribution in [0.3, 0.4) is 0 Å². The third-order valence-corrected chi connectivity index (χ3v) is 5.68. The number of carboxylic acids is 2. The molecule has 1 heterocycles. The maximum Gasteiger partial charge on any atom is 0.323 e. The highest BCUT2D eigenvalue weighted by Gasteiger charge is 2.15. The monoisotopic (exact) mass is 337 g/mol. The number of carbonyl (C=O) groups is 2. The molecule has 0 saturated carbocycles. The summed E-state index contributed by atoms with van der Waals surface area (Å²) < 4.78 is 0. The molecule has 0 amide bonds. The molecule has 0 aromatic heterocycles. The minimum absolute atomic E-state index is 0.227. The first-order valence-corrected chi connectivity index (χ1v) is 8.98. The molecule has 122 valence electrons. The van der Waals surface area contributed by atoms with Gasteiger partial charge >= 0.3 is 11.9 Å². The number of rotatable bonds is 7. The van der Waals surface area contributed by atoms with Crippen molar-refractivity contribution in [2.45, 2.75) is 37.4 Å². The Balaban J connectivity index is 0.000000400. The zero-order valence-corrected chi connectivity index (χ0v) is 13.7. The first kappa shape index (κ1) is 19.9. The fraction of sp³-hybridized carbons (Fsp3) is 0.750. The molecule has 1 aliphatic rings. The lowest BCUT2D eigenvalue weighted by atomic mass is 10.1. The first-order valence-electron chi connectivity index (χ1n) is 6.60. The van der Waals surface area contributed by atoms with Gasteiger partial charge in [-0.3, -0.25) is 15.0 Å². The highest BCUT2D eigenvalue weighted by atomic mass is 33.1. The summed E-state index contributed by atoms with van der Waals surface area (Å²) in [6.07, 6.45) is 4.76. The molecule has 1 saturated heterocycles. The van der Waals surface area contributed by atoms with E-state index < -0.39 is 11.9 Å². The average Bonchev–Trinajstić information content (AvgIpc) is 2.87. The van der Waals surface area contributed by atoms with E-state index in [9.17, 15) is 9.59 Å². The molecule has 21 heavy (non-hydrogen) atoms. The van der Waals surface area contributed by atoms with Crippen LogP contribution in [0.1, 0.15) is 32.1 Å². The number of nitrogens with one attached hydrogen (secondary N) is 1. The van der Waals surface area contributed by atoms with Gasteiger partial charge in [0.15, 0.2) is 5.96 Å². The van der Waals surface area contributed by atoms with Gasteiger partial charge in [0.2, 0.25) is 0 Å². The topological polar surface area (TPSA) is 128 Å². The molecule has 0 radical (unpaired) electrons. The van der Waals surface area contributed by atoms with Crippen molar-refractivity contribution in [3.63, 3.8) is 0 Å². The molecule has 7 nitrogen and oxygen atoms in total. The molecule has 1 atom stereocenters. The zero-order valence-electron chi connectivity index (χ0n) is 12.1. The normalized spacial score (nSPS) is 16.7. The zero-order chi connectivity index (χ0) is 16.3. The number of guanidine groups is 1. The molecule has 0 aromatic carbocycles.